The molecule has 0 radical (unpaired) electrons. The van der Waals surface area contributed by atoms with Crippen molar-refractivity contribution in [1.29, 1.82) is 0 Å². The van der Waals surface area contributed by atoms with Gasteiger partial charge in [0.25, 0.3) is 0 Å². The summed E-state index contributed by atoms with van der Waals surface area (Å²) in [7, 11) is -3.64. The molecule has 0 unspecified atom stereocenters. The maximum Gasteiger partial charge on any atom is 0.238 e. The Labute approximate surface area is 160 Å². The van der Waals surface area contributed by atoms with E-state index in [1.807, 2.05) is 6.07 Å². The van der Waals surface area contributed by atoms with Crippen LogP contribution >= 0.6 is 0 Å². The second-order valence-corrected chi connectivity index (χ2v) is 8.09. The molecule has 3 N–H and O–H groups in total. The van der Waals surface area contributed by atoms with Gasteiger partial charge in [0.15, 0.2) is 0 Å². The SMILES string of the molecule is CCN1CCN(c2nccc(NCCc3ccc(S(N)(=O)=O)cc3)n2)CC1. The van der Waals surface area contributed by atoms with E-state index in [2.05, 4.69) is 32.0 Å². The summed E-state index contributed by atoms with van der Waals surface area (Å²) in [6.45, 7) is 7.89. The Hall–Kier alpha value is -2.23. The number of nitrogens with zero attached hydrogens (tertiary/aromatic N) is 4. The van der Waals surface area contributed by atoms with Gasteiger partial charge in [0.05, 0.1) is 4.90 Å². The number of piperazine rings is 1. The van der Waals surface area contributed by atoms with E-state index < -0.39 is 10.0 Å². The third-order valence-electron chi connectivity index (χ3n) is 4.72. The predicted molar refractivity (Wildman–Crippen MR) is 106 cm³/mol. The highest BCUT2D eigenvalue weighted by atomic mass is 32.2. The van der Waals surface area contributed by atoms with Crippen molar-refractivity contribution in [2.45, 2.75) is 18.2 Å². The molecule has 2 aromatic rings. The van der Waals surface area contributed by atoms with Crippen molar-refractivity contribution in [3.63, 3.8) is 0 Å². The first-order valence-corrected chi connectivity index (χ1v) is 10.7. The Kier molecular flexibility index (Phi) is 6.25. The molecule has 8 nitrogen and oxygen atoms in total. The van der Waals surface area contributed by atoms with Crippen LogP contribution in [0.5, 0.6) is 0 Å². The summed E-state index contributed by atoms with van der Waals surface area (Å²) < 4.78 is 22.6. The number of nitrogens with one attached hydrogen (secondary N) is 1. The summed E-state index contributed by atoms with van der Waals surface area (Å²) in [6.07, 6.45) is 2.52. The van der Waals surface area contributed by atoms with Crippen molar-refractivity contribution in [1.82, 2.24) is 14.9 Å². The number of likely N-dealkylation sites (N-methyl/N-ethyl adjacent to an activating group) is 1. The molecule has 0 amide bonds. The molecular weight excluding hydrogens is 364 g/mol. The largest absolute Gasteiger partial charge is 0.370 e. The number of rotatable bonds is 7. The quantitative estimate of drug-likeness (QED) is 0.724. The number of sulfonamides is 1. The first-order chi connectivity index (χ1) is 13.0. The van der Waals surface area contributed by atoms with Crippen molar-refractivity contribution < 1.29 is 8.42 Å². The minimum absolute atomic E-state index is 0.128. The number of aromatic nitrogens is 2. The molecule has 0 aliphatic carbocycles. The molecular formula is C18H26N6O2S. The molecule has 1 aliphatic heterocycles. The molecule has 1 aromatic carbocycles. The summed E-state index contributed by atoms with van der Waals surface area (Å²) in [4.78, 5) is 13.8. The number of hydrogen-bond donors (Lipinski definition) is 2. The molecule has 27 heavy (non-hydrogen) atoms. The van der Waals surface area contributed by atoms with Crippen LogP contribution in [0.15, 0.2) is 41.4 Å². The van der Waals surface area contributed by atoms with E-state index in [-0.39, 0.29) is 4.90 Å². The highest BCUT2D eigenvalue weighted by Gasteiger charge is 2.17. The Morgan fingerprint density at radius 3 is 2.44 bits per heavy atom. The average Bonchev–Trinajstić information content (AvgIpc) is 2.68. The van der Waals surface area contributed by atoms with Crippen LogP contribution in [0.2, 0.25) is 0 Å². The number of benzene rings is 1. The molecule has 0 atom stereocenters. The van der Waals surface area contributed by atoms with Crippen LogP contribution in [0, 0.1) is 0 Å². The van der Waals surface area contributed by atoms with E-state index in [0.29, 0.717) is 6.54 Å². The number of primary sulfonamides is 1. The van der Waals surface area contributed by atoms with Gasteiger partial charge in [-0.3, -0.25) is 0 Å². The molecule has 1 fully saturated rings. The lowest BCUT2D eigenvalue weighted by molar-refractivity contribution is 0.270. The molecule has 0 saturated carbocycles. The monoisotopic (exact) mass is 390 g/mol. The van der Waals surface area contributed by atoms with Gasteiger partial charge < -0.3 is 15.1 Å². The normalized spacial score (nSPS) is 15.7. The van der Waals surface area contributed by atoms with Crippen LogP contribution in [0.1, 0.15) is 12.5 Å². The van der Waals surface area contributed by atoms with Crippen molar-refractivity contribution in [2.75, 3.05) is 49.5 Å². The van der Waals surface area contributed by atoms with Crippen molar-refractivity contribution in [3.05, 3.63) is 42.1 Å². The third-order valence-corrected chi connectivity index (χ3v) is 5.65. The van der Waals surface area contributed by atoms with E-state index in [9.17, 15) is 8.42 Å². The van der Waals surface area contributed by atoms with Gasteiger partial charge in [-0.15, -0.1) is 0 Å². The molecule has 1 aliphatic rings. The maximum absolute atomic E-state index is 11.3. The van der Waals surface area contributed by atoms with Gasteiger partial charge in [0.2, 0.25) is 16.0 Å². The molecule has 2 heterocycles. The topological polar surface area (TPSA) is 104 Å². The number of anilines is 2. The highest BCUT2D eigenvalue weighted by molar-refractivity contribution is 7.89. The highest BCUT2D eigenvalue weighted by Crippen LogP contribution is 2.14. The minimum atomic E-state index is -3.64. The zero-order chi connectivity index (χ0) is 19.3. The van der Waals surface area contributed by atoms with Crippen molar-refractivity contribution in [2.24, 2.45) is 5.14 Å². The average molecular weight is 391 g/mol. The van der Waals surface area contributed by atoms with Crippen LogP contribution in [-0.2, 0) is 16.4 Å². The van der Waals surface area contributed by atoms with Gasteiger partial charge in [-0.05, 0) is 36.7 Å². The Morgan fingerprint density at radius 2 is 1.81 bits per heavy atom. The van der Waals surface area contributed by atoms with Gasteiger partial charge >= 0.3 is 0 Å². The van der Waals surface area contributed by atoms with E-state index in [4.69, 9.17) is 5.14 Å². The minimum Gasteiger partial charge on any atom is -0.370 e. The van der Waals surface area contributed by atoms with Crippen LogP contribution in [0.25, 0.3) is 0 Å². The van der Waals surface area contributed by atoms with E-state index in [0.717, 1.165) is 56.5 Å². The lowest BCUT2D eigenvalue weighted by Gasteiger charge is -2.34. The number of nitrogens with two attached hydrogens (primary N) is 1. The zero-order valence-electron chi connectivity index (χ0n) is 15.5. The first-order valence-electron chi connectivity index (χ1n) is 9.11. The van der Waals surface area contributed by atoms with Crippen LogP contribution in [0.4, 0.5) is 11.8 Å². The summed E-state index contributed by atoms with van der Waals surface area (Å²) in [5.74, 6) is 1.55. The van der Waals surface area contributed by atoms with E-state index >= 15 is 0 Å². The lowest BCUT2D eigenvalue weighted by Crippen LogP contribution is -2.46. The zero-order valence-corrected chi connectivity index (χ0v) is 16.3. The Morgan fingerprint density at radius 1 is 1.11 bits per heavy atom. The summed E-state index contributed by atoms with van der Waals surface area (Å²) >= 11 is 0. The van der Waals surface area contributed by atoms with Gasteiger partial charge in [0, 0.05) is 38.9 Å². The Bertz CT molecular complexity index is 848. The Balaban J connectivity index is 1.53. The lowest BCUT2D eigenvalue weighted by atomic mass is 10.1. The third kappa shape index (κ3) is 5.38. The molecule has 9 heteroatoms. The maximum atomic E-state index is 11.3. The van der Waals surface area contributed by atoms with Crippen molar-refractivity contribution in [3.8, 4) is 0 Å². The fourth-order valence-corrected chi connectivity index (χ4v) is 3.56. The predicted octanol–water partition coefficient (Wildman–Crippen LogP) is 0.920. The molecule has 1 aromatic heterocycles. The van der Waals surface area contributed by atoms with Crippen molar-refractivity contribution >= 4 is 21.8 Å². The summed E-state index contributed by atoms with van der Waals surface area (Å²) in [6, 6.07) is 8.47. The fourth-order valence-electron chi connectivity index (χ4n) is 3.04. The molecule has 0 bridgehead atoms. The smallest absolute Gasteiger partial charge is 0.238 e. The molecule has 3 rings (SSSR count). The number of hydrogen-bond acceptors (Lipinski definition) is 7. The van der Waals surface area contributed by atoms with Crippen LogP contribution < -0.4 is 15.4 Å². The summed E-state index contributed by atoms with van der Waals surface area (Å²) in [5, 5.41) is 8.42. The van der Waals surface area contributed by atoms with E-state index in [1.165, 1.54) is 12.1 Å². The van der Waals surface area contributed by atoms with Gasteiger partial charge in [-0.25, -0.2) is 18.5 Å². The first kappa shape index (κ1) is 19.5. The fraction of sp³-hybridized carbons (Fsp3) is 0.444. The summed E-state index contributed by atoms with van der Waals surface area (Å²) in [5.41, 5.74) is 1.03. The van der Waals surface area contributed by atoms with Gasteiger partial charge in [-0.1, -0.05) is 19.1 Å². The second kappa shape index (κ2) is 8.64. The van der Waals surface area contributed by atoms with E-state index in [1.54, 1.807) is 18.3 Å². The molecule has 0 spiro atoms. The van der Waals surface area contributed by atoms with Gasteiger partial charge in [0.1, 0.15) is 5.82 Å². The molecule has 1 saturated heterocycles. The second-order valence-electron chi connectivity index (χ2n) is 6.53. The van der Waals surface area contributed by atoms with Crippen LogP contribution in [-0.4, -0.2) is 62.6 Å². The standard InChI is InChI=1S/C18H26N6O2S/c1-2-23-11-13-24(14-12-23)18-21-10-8-17(22-18)20-9-7-15-3-5-16(6-4-15)27(19,25)26/h3-6,8,10H,2,7,9,11-14H2,1H3,(H2,19,25,26)(H,20,21,22). The van der Waals surface area contributed by atoms with Crippen LogP contribution in [0.3, 0.4) is 0 Å². The molecule has 146 valence electrons. The van der Waals surface area contributed by atoms with Gasteiger partial charge in [-0.2, -0.15) is 4.98 Å².